The summed E-state index contributed by atoms with van der Waals surface area (Å²) in [5.41, 5.74) is 1.21. The molecule has 0 aliphatic carbocycles. The van der Waals surface area contributed by atoms with Crippen LogP contribution in [0.1, 0.15) is 16.6 Å². The van der Waals surface area contributed by atoms with Crippen molar-refractivity contribution in [1.82, 2.24) is 0 Å². The summed E-state index contributed by atoms with van der Waals surface area (Å²) in [5, 5.41) is 0. The standard InChI is InChI=1S/C10H12OS2/c11-13-8-4-7-12-10(13)9-5-2-1-3-6-9/h1-3,5-6,10H,4,7-8H2/t10-,13?/m1/s1. The predicted octanol–water partition coefficient (Wildman–Crippen LogP) is 2.57. The van der Waals surface area contributed by atoms with Crippen LogP contribution in [0.5, 0.6) is 0 Å². The molecule has 0 spiro atoms. The second-order valence-electron chi connectivity index (χ2n) is 3.05. The van der Waals surface area contributed by atoms with Gasteiger partial charge >= 0.3 is 0 Å². The van der Waals surface area contributed by atoms with E-state index in [0.717, 1.165) is 17.9 Å². The summed E-state index contributed by atoms with van der Waals surface area (Å²) in [6.07, 6.45) is 1.10. The highest BCUT2D eigenvalue weighted by atomic mass is 32.2. The van der Waals surface area contributed by atoms with Crippen LogP contribution in [0.2, 0.25) is 0 Å². The number of rotatable bonds is 1. The van der Waals surface area contributed by atoms with Crippen LogP contribution in [0.4, 0.5) is 0 Å². The van der Waals surface area contributed by atoms with Crippen molar-refractivity contribution in [3.8, 4) is 0 Å². The molecule has 0 aromatic heterocycles. The summed E-state index contributed by atoms with van der Waals surface area (Å²) >= 11 is 1.82. The van der Waals surface area contributed by atoms with Crippen LogP contribution in [0.15, 0.2) is 30.3 Å². The van der Waals surface area contributed by atoms with Crippen molar-refractivity contribution in [3.05, 3.63) is 35.9 Å². The van der Waals surface area contributed by atoms with Gasteiger partial charge in [0, 0.05) is 16.6 Å². The van der Waals surface area contributed by atoms with Gasteiger partial charge in [0.05, 0.1) is 0 Å². The third-order valence-electron chi connectivity index (χ3n) is 2.07. The topological polar surface area (TPSA) is 17.1 Å². The van der Waals surface area contributed by atoms with Crippen LogP contribution >= 0.6 is 11.8 Å². The zero-order valence-corrected chi connectivity index (χ0v) is 8.94. The molecule has 1 unspecified atom stereocenters. The lowest BCUT2D eigenvalue weighted by Gasteiger charge is -2.20. The van der Waals surface area contributed by atoms with Gasteiger partial charge in [-0.1, -0.05) is 30.3 Å². The van der Waals surface area contributed by atoms with Crippen molar-refractivity contribution in [2.24, 2.45) is 0 Å². The van der Waals surface area contributed by atoms with Gasteiger partial charge in [0.1, 0.15) is 4.58 Å². The first-order chi connectivity index (χ1) is 6.38. The Hall–Kier alpha value is -0.280. The van der Waals surface area contributed by atoms with E-state index in [9.17, 15) is 4.21 Å². The van der Waals surface area contributed by atoms with E-state index in [1.54, 1.807) is 0 Å². The van der Waals surface area contributed by atoms with Gasteiger partial charge in [0.2, 0.25) is 0 Å². The molecule has 0 saturated carbocycles. The van der Waals surface area contributed by atoms with Gasteiger partial charge in [0.25, 0.3) is 0 Å². The molecular weight excluding hydrogens is 200 g/mol. The summed E-state index contributed by atoms with van der Waals surface area (Å²) in [6.45, 7) is 0. The molecule has 1 nitrogen and oxygen atoms in total. The summed E-state index contributed by atoms with van der Waals surface area (Å²) in [4.78, 5) is 0. The van der Waals surface area contributed by atoms with E-state index in [2.05, 4.69) is 12.1 Å². The number of hydrogen-bond acceptors (Lipinski definition) is 2. The monoisotopic (exact) mass is 212 g/mol. The molecule has 1 aromatic rings. The highest BCUT2D eigenvalue weighted by molar-refractivity contribution is 8.11. The lowest BCUT2D eigenvalue weighted by atomic mass is 10.2. The molecule has 1 aromatic carbocycles. The van der Waals surface area contributed by atoms with E-state index in [-0.39, 0.29) is 4.58 Å². The van der Waals surface area contributed by atoms with Crippen molar-refractivity contribution in [3.63, 3.8) is 0 Å². The summed E-state index contributed by atoms with van der Waals surface area (Å²) in [7, 11) is -0.666. The van der Waals surface area contributed by atoms with Gasteiger partial charge in [-0.3, -0.25) is 4.21 Å². The molecule has 1 fully saturated rings. The Morgan fingerprint density at radius 1 is 1.31 bits per heavy atom. The second kappa shape index (κ2) is 4.29. The van der Waals surface area contributed by atoms with Gasteiger partial charge in [-0.05, 0) is 17.7 Å². The van der Waals surface area contributed by atoms with E-state index in [1.807, 2.05) is 30.0 Å². The molecule has 0 N–H and O–H groups in total. The summed E-state index contributed by atoms with van der Waals surface area (Å²) in [6, 6.07) is 10.2. The zero-order chi connectivity index (χ0) is 9.10. The Morgan fingerprint density at radius 3 is 2.77 bits per heavy atom. The average Bonchev–Trinajstić information content (AvgIpc) is 2.20. The van der Waals surface area contributed by atoms with Gasteiger partial charge in [-0.15, -0.1) is 11.8 Å². The number of thioether (sulfide) groups is 1. The Kier molecular flexibility index (Phi) is 3.06. The Labute approximate surface area is 85.4 Å². The van der Waals surface area contributed by atoms with Crippen LogP contribution < -0.4 is 0 Å². The molecule has 0 radical (unpaired) electrons. The Balaban J connectivity index is 2.20. The molecule has 0 bridgehead atoms. The van der Waals surface area contributed by atoms with Crippen molar-refractivity contribution in [2.45, 2.75) is 11.0 Å². The second-order valence-corrected chi connectivity index (χ2v) is 6.20. The minimum Gasteiger partial charge on any atom is -0.258 e. The minimum atomic E-state index is -0.666. The smallest absolute Gasteiger partial charge is 0.105 e. The maximum Gasteiger partial charge on any atom is 0.105 e. The van der Waals surface area contributed by atoms with Crippen molar-refractivity contribution >= 4 is 22.6 Å². The lowest BCUT2D eigenvalue weighted by Crippen LogP contribution is -2.13. The molecule has 3 heteroatoms. The zero-order valence-electron chi connectivity index (χ0n) is 7.31. The fourth-order valence-electron chi connectivity index (χ4n) is 1.43. The van der Waals surface area contributed by atoms with Gasteiger partial charge in [-0.25, -0.2) is 0 Å². The molecule has 1 saturated heterocycles. The van der Waals surface area contributed by atoms with Crippen LogP contribution in [0.3, 0.4) is 0 Å². The lowest BCUT2D eigenvalue weighted by molar-refractivity contribution is 0.679. The van der Waals surface area contributed by atoms with Crippen LogP contribution in [0.25, 0.3) is 0 Å². The summed E-state index contributed by atoms with van der Waals surface area (Å²) < 4.78 is 11.9. The fraction of sp³-hybridized carbons (Fsp3) is 0.400. The number of hydrogen-bond donors (Lipinski definition) is 0. The first kappa shape index (κ1) is 9.28. The van der Waals surface area contributed by atoms with Gasteiger partial charge in [-0.2, -0.15) is 0 Å². The highest BCUT2D eigenvalue weighted by Crippen LogP contribution is 2.36. The Morgan fingerprint density at radius 2 is 2.08 bits per heavy atom. The minimum absolute atomic E-state index is 0.218. The molecule has 2 atom stereocenters. The largest absolute Gasteiger partial charge is 0.258 e. The van der Waals surface area contributed by atoms with E-state index < -0.39 is 10.8 Å². The molecule has 1 aliphatic heterocycles. The van der Waals surface area contributed by atoms with E-state index in [0.29, 0.717) is 0 Å². The van der Waals surface area contributed by atoms with Gasteiger partial charge in [0.15, 0.2) is 0 Å². The third kappa shape index (κ3) is 2.15. The molecule has 70 valence electrons. The van der Waals surface area contributed by atoms with Crippen molar-refractivity contribution in [1.29, 1.82) is 0 Å². The first-order valence-corrected chi connectivity index (χ1v) is 6.85. The van der Waals surface area contributed by atoms with Crippen LogP contribution in [-0.4, -0.2) is 15.7 Å². The summed E-state index contributed by atoms with van der Waals surface area (Å²) in [5.74, 6) is 2.01. The van der Waals surface area contributed by atoms with E-state index in [4.69, 9.17) is 0 Å². The maximum absolute atomic E-state index is 11.7. The normalized spacial score (nSPS) is 28.6. The van der Waals surface area contributed by atoms with Crippen molar-refractivity contribution in [2.75, 3.05) is 11.5 Å². The van der Waals surface area contributed by atoms with Crippen molar-refractivity contribution < 1.29 is 4.21 Å². The predicted molar refractivity (Wildman–Crippen MR) is 59.3 cm³/mol. The van der Waals surface area contributed by atoms with Gasteiger partial charge < -0.3 is 0 Å². The van der Waals surface area contributed by atoms with E-state index in [1.165, 1.54) is 5.56 Å². The van der Waals surface area contributed by atoms with E-state index >= 15 is 0 Å². The Bertz CT molecular complexity index is 297. The fourth-order valence-corrected chi connectivity index (χ4v) is 4.78. The molecule has 1 heterocycles. The third-order valence-corrected chi connectivity index (χ3v) is 5.66. The molecular formula is C10H12OS2. The average molecular weight is 212 g/mol. The van der Waals surface area contributed by atoms with Crippen LogP contribution in [-0.2, 0) is 10.8 Å². The highest BCUT2D eigenvalue weighted by Gasteiger charge is 2.22. The quantitative estimate of drug-likeness (QED) is 0.711. The maximum atomic E-state index is 11.7. The molecule has 1 aliphatic rings. The first-order valence-electron chi connectivity index (χ1n) is 4.41. The molecule has 0 amide bonds. The SMILES string of the molecule is O=S1CCCS[C@H]1c1ccccc1. The molecule has 13 heavy (non-hydrogen) atoms. The van der Waals surface area contributed by atoms with Crippen LogP contribution in [0, 0.1) is 0 Å². The molecule has 2 rings (SSSR count). The number of benzene rings is 1.